The molecule has 2 aliphatic heterocycles. The standard InChI is InChI=1S/C25H28N6O3S/c1-12-18-10-34-20(12)9-31(18)25(32)13-3-4-15-21(6-13)35-24-22(15)23(28-11-29-24)30-17-5-14(8-26)16(27)7-19(17)33-2/h5,7-8,11-13,18,20,26H,3-4,6,9-10,27H2,1-2H3,(H,28,29,30)/p+1/t12-,13?,18?,20?/m0/s1. The number of anilines is 3. The lowest BCUT2D eigenvalue weighted by Crippen LogP contribution is -2.45. The summed E-state index contributed by atoms with van der Waals surface area (Å²) in [7, 11) is 1.60. The molecule has 0 radical (unpaired) electrons. The summed E-state index contributed by atoms with van der Waals surface area (Å²) in [5, 5.41) is 10.2. The van der Waals surface area contributed by atoms with E-state index in [1.807, 2.05) is 6.07 Å². The fourth-order valence-corrected chi connectivity index (χ4v) is 7.02. The second kappa shape index (κ2) is 8.46. The molecule has 3 aliphatic rings. The molecule has 1 amide bonds. The molecule has 6 rings (SSSR count). The highest BCUT2D eigenvalue weighted by atomic mass is 32.1. The van der Waals surface area contributed by atoms with E-state index < -0.39 is 0 Å². The topological polar surface area (TPSA) is 128 Å². The average molecular weight is 494 g/mol. The molecule has 2 fully saturated rings. The monoisotopic (exact) mass is 493 g/mol. The van der Waals surface area contributed by atoms with E-state index >= 15 is 0 Å². The van der Waals surface area contributed by atoms with Crippen LogP contribution in [0.25, 0.3) is 10.2 Å². The van der Waals surface area contributed by atoms with Gasteiger partial charge in [-0.1, -0.05) is 6.92 Å². The number of rotatable bonds is 5. The zero-order valence-corrected chi connectivity index (χ0v) is 20.6. The molecule has 1 aliphatic carbocycles. The van der Waals surface area contributed by atoms with Gasteiger partial charge in [0.25, 0.3) is 0 Å². The number of carbonyl (C=O) groups excluding carboxylic acids is 1. The van der Waals surface area contributed by atoms with Crippen molar-refractivity contribution in [3.63, 3.8) is 0 Å². The number of thiophene rings is 1. The molecule has 1 aromatic carbocycles. The molecular formula is C25H29N6O3S+. The van der Waals surface area contributed by atoms with Gasteiger partial charge in [-0.2, -0.15) is 0 Å². The van der Waals surface area contributed by atoms with Crippen LogP contribution in [-0.2, 0) is 22.4 Å². The Labute approximate surface area is 207 Å². The Morgan fingerprint density at radius 1 is 1.40 bits per heavy atom. The molecule has 4 heterocycles. The number of hydrogen-bond acceptors (Lipinski definition) is 8. The van der Waals surface area contributed by atoms with Gasteiger partial charge in [-0.05, 0) is 30.9 Å². The van der Waals surface area contributed by atoms with Crippen LogP contribution in [-0.4, -0.2) is 59.4 Å². The fourth-order valence-electron chi connectivity index (χ4n) is 5.75. The number of aromatic nitrogens is 2. The number of carbonyl (C=O) groups is 1. The normalized spacial score (nSPS) is 25.0. The van der Waals surface area contributed by atoms with Crippen LogP contribution in [0.3, 0.4) is 0 Å². The maximum atomic E-state index is 13.4. The van der Waals surface area contributed by atoms with Crippen molar-refractivity contribution in [1.29, 1.82) is 0 Å². The minimum absolute atomic E-state index is 0.00585. The second-order valence-electron chi connectivity index (χ2n) is 9.61. The molecule has 35 heavy (non-hydrogen) atoms. The van der Waals surface area contributed by atoms with Gasteiger partial charge in [-0.25, -0.2) is 9.97 Å². The van der Waals surface area contributed by atoms with E-state index in [1.165, 1.54) is 16.7 Å². The molecule has 10 heteroatoms. The third-order valence-electron chi connectivity index (χ3n) is 7.77. The summed E-state index contributed by atoms with van der Waals surface area (Å²) >= 11 is 1.66. The Bertz CT molecular complexity index is 1340. The van der Waals surface area contributed by atoms with Crippen LogP contribution in [0.15, 0.2) is 18.5 Å². The van der Waals surface area contributed by atoms with Crippen LogP contribution in [0, 0.1) is 11.8 Å². The number of fused-ring (bicyclic) bond motifs is 5. The van der Waals surface area contributed by atoms with Crippen molar-refractivity contribution in [2.75, 3.05) is 31.3 Å². The van der Waals surface area contributed by atoms with Crippen LogP contribution in [0.4, 0.5) is 17.2 Å². The molecule has 9 nitrogen and oxygen atoms in total. The number of aryl methyl sites for hydroxylation is 1. The fraction of sp³-hybridized carbons (Fsp3) is 0.440. The largest absolute Gasteiger partial charge is 0.494 e. The van der Waals surface area contributed by atoms with Crippen molar-refractivity contribution in [2.24, 2.45) is 11.8 Å². The number of nitrogens with two attached hydrogens (primary N) is 2. The summed E-state index contributed by atoms with van der Waals surface area (Å²) in [5.41, 5.74) is 9.27. The molecule has 2 aromatic heterocycles. The maximum Gasteiger partial charge on any atom is 0.226 e. The molecule has 0 saturated carbocycles. The van der Waals surface area contributed by atoms with Gasteiger partial charge >= 0.3 is 0 Å². The van der Waals surface area contributed by atoms with Crippen LogP contribution in [0.5, 0.6) is 5.75 Å². The highest BCUT2D eigenvalue weighted by Crippen LogP contribution is 2.43. The third kappa shape index (κ3) is 3.54. The molecule has 5 N–H and O–H groups in total. The Balaban J connectivity index is 1.30. The quantitative estimate of drug-likeness (QED) is 0.363. The number of nitrogens with zero attached hydrogens (tertiary/aromatic N) is 3. The van der Waals surface area contributed by atoms with Crippen molar-refractivity contribution >= 4 is 50.9 Å². The lowest BCUT2D eigenvalue weighted by atomic mass is 9.86. The number of ether oxygens (including phenoxy) is 2. The van der Waals surface area contributed by atoms with Gasteiger partial charge in [0, 0.05) is 35.0 Å². The van der Waals surface area contributed by atoms with Crippen LogP contribution in [0.2, 0.25) is 0 Å². The predicted molar refractivity (Wildman–Crippen MR) is 135 cm³/mol. The van der Waals surface area contributed by atoms with Crippen LogP contribution in [0.1, 0.15) is 29.3 Å². The summed E-state index contributed by atoms with van der Waals surface area (Å²) in [6.07, 6.45) is 5.62. The molecule has 3 unspecified atom stereocenters. The van der Waals surface area contributed by atoms with E-state index in [4.69, 9.17) is 20.6 Å². The number of benzene rings is 1. The van der Waals surface area contributed by atoms with Gasteiger partial charge in [0.2, 0.25) is 5.91 Å². The molecule has 2 saturated heterocycles. The van der Waals surface area contributed by atoms with Crippen molar-refractivity contribution in [2.45, 2.75) is 38.3 Å². The predicted octanol–water partition coefficient (Wildman–Crippen LogP) is 1.55. The van der Waals surface area contributed by atoms with Gasteiger partial charge < -0.3 is 25.4 Å². The summed E-state index contributed by atoms with van der Waals surface area (Å²) < 4.78 is 11.3. The SMILES string of the molecule is COc1cc(N)c(C=[NH2+])cc1Nc1ncnc2sc3c(c12)CCC(C(=O)N1CC2OCC1[C@@H]2C)C3. The first-order chi connectivity index (χ1) is 17.0. The lowest BCUT2D eigenvalue weighted by molar-refractivity contribution is -0.140. The van der Waals surface area contributed by atoms with E-state index in [2.05, 4.69) is 27.1 Å². The minimum Gasteiger partial charge on any atom is -0.494 e. The number of hydrogen-bond donors (Lipinski definition) is 3. The third-order valence-corrected chi connectivity index (χ3v) is 8.93. The highest BCUT2D eigenvalue weighted by Gasteiger charge is 2.48. The Morgan fingerprint density at radius 3 is 2.97 bits per heavy atom. The van der Waals surface area contributed by atoms with Gasteiger partial charge in [0.1, 0.15) is 22.7 Å². The van der Waals surface area contributed by atoms with Crippen LogP contribution >= 0.6 is 11.3 Å². The molecule has 2 bridgehead atoms. The number of amides is 1. The van der Waals surface area contributed by atoms with Crippen LogP contribution < -0.4 is 21.2 Å². The smallest absolute Gasteiger partial charge is 0.226 e. The summed E-state index contributed by atoms with van der Waals surface area (Å²) in [6, 6.07) is 3.82. The first-order valence-electron chi connectivity index (χ1n) is 11.9. The molecule has 3 aromatic rings. The summed E-state index contributed by atoms with van der Waals surface area (Å²) in [4.78, 5) is 26.7. The number of nitrogens with one attached hydrogen (secondary N) is 1. The van der Waals surface area contributed by atoms with Gasteiger partial charge in [-0.3, -0.25) is 10.2 Å². The number of nitrogen functional groups attached to an aromatic ring is 1. The maximum absolute atomic E-state index is 13.4. The average Bonchev–Trinajstić information content (AvgIpc) is 3.53. The Morgan fingerprint density at radius 2 is 2.26 bits per heavy atom. The minimum atomic E-state index is 0.00585. The van der Waals surface area contributed by atoms with E-state index in [0.717, 1.165) is 41.7 Å². The second-order valence-corrected chi connectivity index (χ2v) is 10.7. The first kappa shape index (κ1) is 22.2. The van der Waals surface area contributed by atoms with Gasteiger partial charge in [0.15, 0.2) is 6.21 Å². The molecule has 4 atom stereocenters. The lowest BCUT2D eigenvalue weighted by Gasteiger charge is -2.32. The first-order valence-corrected chi connectivity index (χ1v) is 12.8. The van der Waals surface area contributed by atoms with E-state index in [9.17, 15) is 4.79 Å². The van der Waals surface area contributed by atoms with Crippen molar-refractivity contribution in [3.8, 4) is 5.75 Å². The van der Waals surface area contributed by atoms with E-state index in [-0.39, 0.29) is 24.0 Å². The molecule has 0 spiro atoms. The zero-order chi connectivity index (χ0) is 24.3. The number of methoxy groups -OCH3 is 1. The number of likely N-dealkylation sites (tertiary alicyclic amines) is 1. The van der Waals surface area contributed by atoms with Crippen molar-refractivity contribution < 1.29 is 19.7 Å². The van der Waals surface area contributed by atoms with Crippen molar-refractivity contribution in [1.82, 2.24) is 14.9 Å². The highest BCUT2D eigenvalue weighted by molar-refractivity contribution is 7.19. The molecule has 182 valence electrons. The van der Waals surface area contributed by atoms with Gasteiger partial charge in [0.05, 0.1) is 42.5 Å². The van der Waals surface area contributed by atoms with Crippen molar-refractivity contribution in [3.05, 3.63) is 34.5 Å². The summed E-state index contributed by atoms with van der Waals surface area (Å²) in [6.45, 7) is 3.59. The molecular weight excluding hydrogens is 464 g/mol. The van der Waals surface area contributed by atoms with E-state index in [1.54, 1.807) is 30.8 Å². The summed E-state index contributed by atoms with van der Waals surface area (Å²) in [5.74, 6) is 2.02. The number of morpholine rings is 1. The van der Waals surface area contributed by atoms with Gasteiger partial charge in [-0.15, -0.1) is 11.3 Å². The van der Waals surface area contributed by atoms with E-state index in [0.29, 0.717) is 35.3 Å². The Hall–Kier alpha value is -3.24. The Kier molecular flexibility index (Phi) is 5.37. The zero-order valence-electron chi connectivity index (χ0n) is 19.8.